The zero-order valence-corrected chi connectivity index (χ0v) is 36.6. The number of allylic oxidation sites excluding steroid dienone is 8. The summed E-state index contributed by atoms with van der Waals surface area (Å²) >= 11 is 0. The van der Waals surface area contributed by atoms with Crippen LogP contribution in [0.4, 0.5) is 4.79 Å². The number of amides is 3. The minimum Gasteiger partial charge on any atom is -0.379 e. The number of ether oxygens (including phenoxy) is 1. The molecule has 1 rings (SSSR count). The SMILES string of the molecule is CCCCC/C=C\C/C=C\CCCCCCCCC(CCCCCCCC/C=C\C/C=C\CCCCC)C(=O)N(CC)C(=O)NCCCCN1CCOCC1. The first-order valence-electron chi connectivity index (χ1n) is 23.6. The fourth-order valence-corrected chi connectivity index (χ4v) is 7.35. The number of urea groups is 1. The second-order valence-corrected chi connectivity index (χ2v) is 15.9. The molecule has 1 heterocycles. The van der Waals surface area contributed by atoms with Crippen LogP contribution in [0.25, 0.3) is 0 Å². The molecule has 0 radical (unpaired) electrons. The molecule has 55 heavy (non-hydrogen) atoms. The summed E-state index contributed by atoms with van der Waals surface area (Å²) in [6.07, 6.45) is 51.8. The van der Waals surface area contributed by atoms with E-state index in [2.05, 4.69) is 72.7 Å². The standard InChI is InChI=1S/C49H89N3O3/c1-4-7-9-11-13-15-17-19-21-23-25-27-29-31-33-35-39-47(40-36-34-32-30-28-26-24-22-20-18-16-14-12-10-8-5-2)48(53)52(6-3)49(54)50-41-37-38-42-51-43-45-55-46-44-51/h13-16,19-22,47H,4-12,17-18,23-46H2,1-3H3,(H,50,54)/b15-13-,16-14-,21-19-,22-20-. The highest BCUT2D eigenvalue weighted by molar-refractivity contribution is 5.95. The van der Waals surface area contributed by atoms with Crippen LogP contribution in [0.15, 0.2) is 48.6 Å². The zero-order chi connectivity index (χ0) is 39.7. The Bertz CT molecular complexity index is 936. The molecule has 318 valence electrons. The Morgan fingerprint density at radius 3 is 1.45 bits per heavy atom. The molecule has 1 N–H and O–H groups in total. The van der Waals surface area contributed by atoms with Crippen molar-refractivity contribution in [2.45, 2.75) is 201 Å². The summed E-state index contributed by atoms with van der Waals surface area (Å²) in [5.41, 5.74) is 0. The van der Waals surface area contributed by atoms with E-state index in [1.54, 1.807) is 0 Å². The van der Waals surface area contributed by atoms with E-state index in [0.29, 0.717) is 13.1 Å². The van der Waals surface area contributed by atoms with Crippen LogP contribution in [0.3, 0.4) is 0 Å². The first-order chi connectivity index (χ1) is 27.1. The number of hydrogen-bond acceptors (Lipinski definition) is 4. The van der Waals surface area contributed by atoms with Crippen LogP contribution in [0, 0.1) is 5.92 Å². The van der Waals surface area contributed by atoms with E-state index in [9.17, 15) is 9.59 Å². The molecule has 0 aromatic heterocycles. The van der Waals surface area contributed by atoms with E-state index >= 15 is 0 Å². The van der Waals surface area contributed by atoms with Crippen LogP contribution in [0.1, 0.15) is 201 Å². The largest absolute Gasteiger partial charge is 0.379 e. The molecule has 6 heteroatoms. The fourth-order valence-electron chi connectivity index (χ4n) is 7.35. The van der Waals surface area contributed by atoms with Gasteiger partial charge in [-0.3, -0.25) is 14.6 Å². The van der Waals surface area contributed by atoms with Gasteiger partial charge in [-0.25, -0.2) is 4.79 Å². The molecule has 0 spiro atoms. The highest BCUT2D eigenvalue weighted by atomic mass is 16.5. The van der Waals surface area contributed by atoms with Crippen molar-refractivity contribution in [1.29, 1.82) is 0 Å². The Morgan fingerprint density at radius 1 is 0.564 bits per heavy atom. The van der Waals surface area contributed by atoms with Gasteiger partial charge in [0.2, 0.25) is 5.91 Å². The molecule has 3 amide bonds. The summed E-state index contributed by atoms with van der Waals surface area (Å²) in [5, 5.41) is 3.06. The molecular weight excluding hydrogens is 679 g/mol. The molecule has 1 saturated heterocycles. The van der Waals surface area contributed by atoms with Crippen LogP contribution in [-0.2, 0) is 9.53 Å². The molecule has 0 unspecified atom stereocenters. The smallest absolute Gasteiger partial charge is 0.324 e. The van der Waals surface area contributed by atoms with Crippen LogP contribution < -0.4 is 5.32 Å². The maximum atomic E-state index is 13.8. The van der Waals surface area contributed by atoms with Gasteiger partial charge >= 0.3 is 6.03 Å². The lowest BCUT2D eigenvalue weighted by atomic mass is 9.92. The molecule has 0 aliphatic carbocycles. The molecule has 6 nitrogen and oxygen atoms in total. The van der Waals surface area contributed by atoms with Crippen LogP contribution >= 0.6 is 0 Å². The summed E-state index contributed by atoms with van der Waals surface area (Å²) < 4.78 is 5.45. The molecular formula is C49H89N3O3. The van der Waals surface area contributed by atoms with Crippen molar-refractivity contribution in [2.75, 3.05) is 45.9 Å². The Hall–Kier alpha value is -2.18. The number of nitrogens with zero attached hydrogens (tertiary/aromatic N) is 2. The molecule has 0 aromatic carbocycles. The molecule has 1 fully saturated rings. The van der Waals surface area contributed by atoms with Gasteiger partial charge in [-0.15, -0.1) is 0 Å². The van der Waals surface area contributed by atoms with Gasteiger partial charge in [0.25, 0.3) is 0 Å². The van der Waals surface area contributed by atoms with Gasteiger partial charge in [0.05, 0.1) is 13.2 Å². The molecule has 1 aliphatic heterocycles. The lowest BCUT2D eigenvalue weighted by Crippen LogP contribution is -2.46. The van der Waals surface area contributed by atoms with E-state index in [1.807, 2.05) is 6.92 Å². The minimum atomic E-state index is -0.210. The zero-order valence-electron chi connectivity index (χ0n) is 36.6. The second kappa shape index (κ2) is 40.0. The average Bonchev–Trinajstić information content (AvgIpc) is 3.20. The van der Waals surface area contributed by atoms with Crippen molar-refractivity contribution in [3.63, 3.8) is 0 Å². The number of imide groups is 1. The number of carbonyl (C=O) groups excluding carboxylic acids is 2. The predicted octanol–water partition coefficient (Wildman–Crippen LogP) is 13.7. The maximum absolute atomic E-state index is 13.8. The molecule has 1 aliphatic rings. The lowest BCUT2D eigenvalue weighted by molar-refractivity contribution is -0.132. The Balaban J connectivity index is 2.39. The summed E-state index contributed by atoms with van der Waals surface area (Å²) in [4.78, 5) is 30.9. The Morgan fingerprint density at radius 2 is 1.00 bits per heavy atom. The minimum absolute atomic E-state index is 0.0403. The van der Waals surface area contributed by atoms with Crippen molar-refractivity contribution in [3.8, 4) is 0 Å². The molecule has 0 saturated carbocycles. The van der Waals surface area contributed by atoms with Crippen LogP contribution in [0.2, 0.25) is 0 Å². The Kier molecular flexibility index (Phi) is 37.0. The number of carbonyl (C=O) groups is 2. The first kappa shape index (κ1) is 50.8. The Labute approximate surface area is 341 Å². The fraction of sp³-hybridized carbons (Fsp3) is 0.796. The van der Waals surface area contributed by atoms with Gasteiger partial charge in [-0.05, 0) is 103 Å². The third-order valence-electron chi connectivity index (χ3n) is 11.0. The van der Waals surface area contributed by atoms with Crippen molar-refractivity contribution in [3.05, 3.63) is 48.6 Å². The summed E-state index contributed by atoms with van der Waals surface area (Å²) in [7, 11) is 0. The summed E-state index contributed by atoms with van der Waals surface area (Å²) in [6.45, 7) is 12.2. The van der Waals surface area contributed by atoms with Gasteiger partial charge in [0, 0.05) is 32.1 Å². The monoisotopic (exact) mass is 768 g/mol. The van der Waals surface area contributed by atoms with Gasteiger partial charge in [0.15, 0.2) is 0 Å². The number of rotatable bonds is 37. The normalized spacial score (nSPS) is 14.1. The van der Waals surface area contributed by atoms with E-state index in [-0.39, 0.29) is 17.9 Å². The average molecular weight is 768 g/mol. The lowest BCUT2D eigenvalue weighted by Gasteiger charge is -2.27. The molecule has 0 atom stereocenters. The third kappa shape index (κ3) is 31.6. The highest BCUT2D eigenvalue weighted by Crippen LogP contribution is 2.22. The van der Waals surface area contributed by atoms with Crippen molar-refractivity contribution in [2.24, 2.45) is 5.92 Å². The third-order valence-corrected chi connectivity index (χ3v) is 11.0. The number of morpholine rings is 1. The van der Waals surface area contributed by atoms with Gasteiger partial charge in [-0.2, -0.15) is 0 Å². The van der Waals surface area contributed by atoms with E-state index in [1.165, 1.54) is 133 Å². The number of unbranched alkanes of at least 4 members (excludes halogenated alkanes) is 19. The van der Waals surface area contributed by atoms with Crippen molar-refractivity contribution in [1.82, 2.24) is 15.1 Å². The molecule has 0 bridgehead atoms. The first-order valence-corrected chi connectivity index (χ1v) is 23.6. The van der Waals surface area contributed by atoms with Gasteiger partial charge < -0.3 is 10.1 Å². The molecule has 0 aromatic rings. The second-order valence-electron chi connectivity index (χ2n) is 15.9. The number of hydrogen-bond donors (Lipinski definition) is 1. The van der Waals surface area contributed by atoms with Crippen LogP contribution in [-0.4, -0.2) is 67.7 Å². The van der Waals surface area contributed by atoms with Gasteiger partial charge in [-0.1, -0.05) is 152 Å². The number of nitrogens with one attached hydrogen (secondary N) is 1. The van der Waals surface area contributed by atoms with Gasteiger partial charge in [0.1, 0.15) is 0 Å². The van der Waals surface area contributed by atoms with Crippen LogP contribution in [0.5, 0.6) is 0 Å². The van der Waals surface area contributed by atoms with E-state index in [0.717, 1.165) is 84.2 Å². The predicted molar refractivity (Wildman–Crippen MR) is 239 cm³/mol. The van der Waals surface area contributed by atoms with E-state index in [4.69, 9.17) is 4.74 Å². The summed E-state index contributed by atoms with van der Waals surface area (Å²) in [5.74, 6) is -0.0119. The summed E-state index contributed by atoms with van der Waals surface area (Å²) in [6, 6.07) is -0.210. The van der Waals surface area contributed by atoms with Crippen molar-refractivity contribution >= 4 is 11.9 Å². The quantitative estimate of drug-likeness (QED) is 0.0505. The maximum Gasteiger partial charge on any atom is 0.324 e. The van der Waals surface area contributed by atoms with E-state index < -0.39 is 0 Å². The topological polar surface area (TPSA) is 61.9 Å². The van der Waals surface area contributed by atoms with Crippen molar-refractivity contribution < 1.29 is 14.3 Å². The highest BCUT2D eigenvalue weighted by Gasteiger charge is 2.27.